The highest BCUT2D eigenvalue weighted by atomic mass is 79.9. The summed E-state index contributed by atoms with van der Waals surface area (Å²) in [5.41, 5.74) is 9.69. The lowest BCUT2D eigenvalue weighted by atomic mass is 10.1. The summed E-state index contributed by atoms with van der Waals surface area (Å²) >= 11 is 10.2. The Bertz CT molecular complexity index is 5910. The lowest BCUT2D eigenvalue weighted by molar-refractivity contribution is -0.144. The number of thioether (sulfide) groups is 2. The number of Topliss-reactive ketones (excluding diaryl/α,β-unsaturated/α-hetero) is 1. The van der Waals surface area contributed by atoms with E-state index >= 15 is 0 Å². The molecule has 3 saturated heterocycles. The van der Waals surface area contributed by atoms with Gasteiger partial charge in [-0.25, -0.2) is 22.9 Å². The Kier molecular flexibility index (Phi) is 39.0. The number of amides is 9. The van der Waals surface area contributed by atoms with Gasteiger partial charge in [0.15, 0.2) is 22.8 Å². The summed E-state index contributed by atoms with van der Waals surface area (Å²) in [4.78, 5) is 121. The molecule has 133 heavy (non-hydrogen) atoms. The number of hydrogen-bond acceptors (Lipinski definition) is 23. The average molecular weight is 1970 g/mol. The number of benzene rings is 7. The zero-order valence-corrected chi connectivity index (χ0v) is 77.5. The van der Waals surface area contributed by atoms with Gasteiger partial charge in [-0.05, 0) is 178 Å². The van der Waals surface area contributed by atoms with Crippen molar-refractivity contribution in [2.45, 2.75) is 96.0 Å². The number of allylic oxidation sites excluding steroid dienone is 2. The number of nitrogens with one attached hydrogen (secondary N) is 2. The fourth-order valence-electron chi connectivity index (χ4n) is 12.0. The number of hydrogen-bond donors (Lipinski definition) is 4. The molecule has 0 bridgehead atoms. The fourth-order valence-corrected chi connectivity index (χ4v) is 15.5. The number of nitrogens with two attached hydrogens (primary N) is 1. The number of alkyl halides is 6. The van der Waals surface area contributed by atoms with Crippen LogP contribution in [0, 0.1) is 25.2 Å². The molecule has 3 fully saturated rings. The van der Waals surface area contributed by atoms with E-state index in [9.17, 15) is 82.7 Å². The van der Waals surface area contributed by atoms with Crippen molar-refractivity contribution in [1.29, 1.82) is 5.26 Å². The zero-order valence-electron chi connectivity index (χ0n) is 72.7. The van der Waals surface area contributed by atoms with Crippen molar-refractivity contribution in [2.75, 3.05) is 62.1 Å². The Morgan fingerprint density at radius 2 is 1.35 bits per heavy atom. The van der Waals surface area contributed by atoms with Crippen molar-refractivity contribution in [1.82, 2.24) is 24.3 Å². The van der Waals surface area contributed by atoms with E-state index in [1.165, 1.54) is 95.3 Å². The molecule has 7 aromatic carbocycles. The number of nitrogens with zero attached hydrogens (tertiary/aromatic N) is 8. The second-order valence-electron chi connectivity index (χ2n) is 28.8. The number of ketones is 1. The third kappa shape index (κ3) is 31.5. The summed E-state index contributed by atoms with van der Waals surface area (Å²) in [5.74, 6) is -3.15. The van der Waals surface area contributed by atoms with Crippen molar-refractivity contribution in [2.24, 2.45) is 15.9 Å². The number of barbiturate groups is 1. The molecular formula is C94H90BrF6N11O17S4. The normalized spacial score (nSPS) is 15.1. The standard InChI is InChI=1S/C27H28N4O5S2.C18H20N2O7.C14H14BrN.C13H13NO2.C12H7F6NO2S.C10H8N2OS/c1-3-31(4-2)38(34,35)23-13-10-20(11-14-23)24-15-12-22(36-24)18-28-30-27-29-26(33)25(37-27)17-21(32)16-19-8-6-5-7-9-19;1-5-26-14-9-11(6-7-13(14)27-10(2)17(23)24)8-12-15(21)19(3)18(25)20(4)16(12)22;1-11-2-8-14(9-3-11)16-10-12-4-6-13(15)7-5-12;1-10-2-4-11(5-3-10)8-9-14-12(15)6-7-13(14)16;13-11(14,15)6-1-7(12(16,17)18)3-8(2-6)19-9(20)4-22-5-10(19)21;11-7-8(10(12)14)3-1-4-9-5-2-6-13-9/h5-15,18,25H,3-4,16-17H2,1-2H3,(H,29,30,33);6-10H,5H2,1-4H3,(H,23,24);2-9,16H,10H2,1H3;2-7H,8-9H2,1H3;1-3H,4-5H2;1-6H,(H2,12,14)/b28-18+;;;;;4-1+,8-3+. The molecule has 9 amide bonds. The number of thiocarbonyl (C=S) groups is 1. The van der Waals surface area contributed by atoms with Crippen LogP contribution in [0.1, 0.15) is 90.1 Å². The molecule has 0 saturated carbocycles. The van der Waals surface area contributed by atoms with Gasteiger partial charge in [-0.2, -0.15) is 41.0 Å². The lowest BCUT2D eigenvalue weighted by Gasteiger charge is -2.28. The van der Waals surface area contributed by atoms with Gasteiger partial charge in [0.2, 0.25) is 27.7 Å². The first-order valence-electron chi connectivity index (χ1n) is 40.4. The van der Waals surface area contributed by atoms with Crippen molar-refractivity contribution in [3.63, 3.8) is 0 Å². The number of carbonyl (C=O) groups excluding carboxylic acids is 9. The van der Waals surface area contributed by atoms with Crippen LogP contribution < -0.4 is 30.7 Å². The number of furan rings is 2. The molecule has 4 aliphatic heterocycles. The third-order valence-electron chi connectivity index (χ3n) is 19.1. The molecule has 2 unspecified atom stereocenters. The predicted molar refractivity (Wildman–Crippen MR) is 501 cm³/mol. The molecular weight excluding hydrogens is 1880 g/mol. The van der Waals surface area contributed by atoms with E-state index < -0.39 is 86.2 Å². The van der Waals surface area contributed by atoms with Crippen LogP contribution in [0.5, 0.6) is 11.5 Å². The average Bonchev–Trinajstić information content (AvgIpc) is 1.48. The fraction of sp³-hybridized carbons (Fsp3) is 0.234. The van der Waals surface area contributed by atoms with Crippen LogP contribution in [0.3, 0.4) is 0 Å². The monoisotopic (exact) mass is 1970 g/mol. The summed E-state index contributed by atoms with van der Waals surface area (Å²) in [6.07, 6.45) is 1.85. The number of carboxylic acids is 1. The molecule has 4 aliphatic rings. The number of ether oxygens (including phenoxy) is 2. The SMILES string of the molecule is CCN(CC)S(=O)(=O)c1ccc(-c2ccc(/C=N/N=C3\NC(=O)C(CC(=O)Cc4ccccc4)S3)o2)cc1.CCOc1cc(C=C2C(=O)N(C)C(=O)N(C)C2=O)ccc1OC(C)C(=O)O.Cc1ccc(CCN2C(=O)C=CC2=O)cc1.Cc1ccc(NCc2ccc(Br)cc2)cc1.N#C/C(=C\C=C\c1ccco1)C(N)=S.O=C1CSCC(=O)N1c1cc(C(F)(F)F)cc(C(F)(F)F)c1. The number of amidine groups is 1. The van der Waals surface area contributed by atoms with Gasteiger partial charge in [-0.15, -0.1) is 16.9 Å². The molecule has 9 aromatic rings. The maximum Gasteiger partial charge on any atom is 0.416 e. The van der Waals surface area contributed by atoms with Gasteiger partial charge < -0.3 is 39.8 Å². The van der Waals surface area contributed by atoms with Gasteiger partial charge in [-0.1, -0.05) is 156 Å². The molecule has 28 nitrogen and oxygen atoms in total. The molecule has 0 radical (unpaired) electrons. The molecule has 5 N–H and O–H groups in total. The second kappa shape index (κ2) is 49.6. The topological polar surface area (TPSA) is 385 Å². The Hall–Kier alpha value is -13.7. The zero-order chi connectivity index (χ0) is 97.4. The Morgan fingerprint density at radius 1 is 0.752 bits per heavy atom. The van der Waals surface area contributed by atoms with Gasteiger partial charge in [0.1, 0.15) is 39.7 Å². The number of aryl methyl sites for hydroxylation is 2. The van der Waals surface area contributed by atoms with Gasteiger partial charge in [0, 0.05) is 81.0 Å². The number of anilines is 2. The molecule has 39 heteroatoms. The summed E-state index contributed by atoms with van der Waals surface area (Å²) in [6.45, 7) is 13.3. The number of sulfonamides is 1. The van der Waals surface area contributed by atoms with Crippen molar-refractivity contribution in [3.8, 4) is 28.9 Å². The number of rotatable bonds is 27. The van der Waals surface area contributed by atoms with Crippen molar-refractivity contribution < 1.29 is 106 Å². The molecule has 696 valence electrons. The number of imide groups is 4. The Morgan fingerprint density at radius 3 is 1.89 bits per heavy atom. The maximum atomic E-state index is 12.7. The van der Waals surface area contributed by atoms with Crippen molar-refractivity contribution >= 4 is 161 Å². The predicted octanol–water partition coefficient (Wildman–Crippen LogP) is 16.7. The molecule has 2 atom stereocenters. The van der Waals surface area contributed by atoms with Crippen LogP contribution in [-0.2, 0) is 84.9 Å². The van der Waals surface area contributed by atoms with Crippen LogP contribution in [0.2, 0.25) is 0 Å². The summed E-state index contributed by atoms with van der Waals surface area (Å²) < 4.78 is 126. The molecule has 0 spiro atoms. The van der Waals surface area contributed by atoms with E-state index in [2.05, 4.69) is 104 Å². The number of aliphatic carboxylic acids is 1. The molecule has 13 rings (SSSR count). The second-order valence-corrected chi connectivity index (χ2v) is 34.3. The number of nitriles is 1. The van der Waals surface area contributed by atoms with E-state index in [0.717, 1.165) is 55.0 Å². The van der Waals surface area contributed by atoms with E-state index in [-0.39, 0.29) is 86.4 Å². The minimum absolute atomic E-state index is 0.0181. The van der Waals surface area contributed by atoms with E-state index in [1.807, 2.05) is 67.6 Å². The first kappa shape index (κ1) is 105. The minimum atomic E-state index is -5.04. The molecule has 0 aliphatic carbocycles. The maximum absolute atomic E-state index is 12.7. The van der Waals surface area contributed by atoms with E-state index in [1.54, 1.807) is 99.9 Å². The van der Waals surface area contributed by atoms with Gasteiger partial charge in [-0.3, -0.25) is 53.1 Å². The van der Waals surface area contributed by atoms with Crippen LogP contribution in [0.15, 0.2) is 258 Å². The molecule has 6 heterocycles. The number of carboxylic acid groups (broad SMARTS) is 1. The van der Waals surface area contributed by atoms with E-state index in [4.69, 9.17) is 34.4 Å². The van der Waals surface area contributed by atoms with Crippen LogP contribution in [0.4, 0.5) is 42.5 Å². The smallest absolute Gasteiger partial charge is 0.416 e. The first-order valence-corrected chi connectivity index (χ1v) is 45.1. The van der Waals surface area contributed by atoms with Crippen molar-refractivity contribution in [3.05, 3.63) is 290 Å². The number of urea groups is 1. The van der Waals surface area contributed by atoms with Gasteiger partial charge >= 0.3 is 24.4 Å². The summed E-state index contributed by atoms with van der Waals surface area (Å²) in [6, 6.07) is 54.3. The van der Waals surface area contributed by atoms with Crippen LogP contribution >= 0.6 is 51.7 Å². The number of halogens is 7. The quantitative estimate of drug-likeness (QED) is 0.00427. The Labute approximate surface area is 784 Å². The first-order chi connectivity index (χ1) is 63.1. The highest BCUT2D eigenvalue weighted by molar-refractivity contribution is 9.10. The number of likely N-dealkylation sites (N-methyl/N-ethyl adjacent to an activating group) is 2. The highest BCUT2D eigenvalue weighted by Crippen LogP contribution is 2.40. The van der Waals surface area contributed by atoms with Crippen LogP contribution in [0.25, 0.3) is 23.5 Å². The lowest BCUT2D eigenvalue weighted by Crippen LogP contribution is -2.52. The molecule has 2 aromatic heterocycles. The summed E-state index contributed by atoms with van der Waals surface area (Å²) in [5, 5.41) is 31.4. The Balaban J connectivity index is 0.000000204. The van der Waals surface area contributed by atoms with Gasteiger partial charge in [0.25, 0.3) is 23.6 Å². The highest BCUT2D eigenvalue weighted by Gasteiger charge is 2.41. The largest absolute Gasteiger partial charge is 0.490 e. The van der Waals surface area contributed by atoms with Gasteiger partial charge in [0.05, 0.1) is 63.1 Å². The number of carbonyl (C=O) groups is 10. The summed E-state index contributed by atoms with van der Waals surface area (Å²) in [7, 11) is -0.950. The van der Waals surface area contributed by atoms with Crippen LogP contribution in [-0.4, -0.2) is 171 Å². The van der Waals surface area contributed by atoms with E-state index in [0.29, 0.717) is 77.7 Å². The third-order valence-corrected chi connectivity index (χ3v) is 23.9. The minimum Gasteiger partial charge on any atom is -0.490 e.